The topological polar surface area (TPSA) is 78.4 Å². The van der Waals surface area contributed by atoms with Gasteiger partial charge in [-0.2, -0.15) is 0 Å². The summed E-state index contributed by atoms with van der Waals surface area (Å²) in [7, 11) is 0. The van der Waals surface area contributed by atoms with Gasteiger partial charge in [-0.15, -0.1) is 0 Å². The van der Waals surface area contributed by atoms with Crippen molar-refractivity contribution in [1.29, 1.82) is 0 Å². The van der Waals surface area contributed by atoms with Crippen LogP contribution >= 0.6 is 0 Å². The molecule has 0 aromatic carbocycles. The lowest BCUT2D eigenvalue weighted by molar-refractivity contribution is -0.141. The largest absolute Gasteiger partial charge is 0.481 e. The van der Waals surface area contributed by atoms with Gasteiger partial charge in [-0.3, -0.25) is 9.59 Å². The fourth-order valence-corrected chi connectivity index (χ4v) is 1.78. The summed E-state index contributed by atoms with van der Waals surface area (Å²) in [6.45, 7) is 8.34. The van der Waals surface area contributed by atoms with Gasteiger partial charge in [-0.25, -0.2) is 0 Å². The van der Waals surface area contributed by atoms with E-state index < -0.39 is 5.97 Å². The lowest BCUT2D eigenvalue weighted by atomic mass is 10.0. The second kappa shape index (κ2) is 9.78. The van der Waals surface area contributed by atoms with Gasteiger partial charge < -0.3 is 15.7 Å². The Morgan fingerprint density at radius 3 is 2.26 bits per heavy atom. The molecule has 0 rings (SSSR count). The highest BCUT2D eigenvalue weighted by Crippen LogP contribution is 2.09. The molecule has 2 atom stereocenters. The lowest BCUT2D eigenvalue weighted by Gasteiger charge is -2.15. The van der Waals surface area contributed by atoms with Crippen molar-refractivity contribution in [3.8, 4) is 0 Å². The second-order valence-electron chi connectivity index (χ2n) is 5.50. The predicted octanol–water partition coefficient (Wildman–Crippen LogP) is 1.77. The van der Waals surface area contributed by atoms with Gasteiger partial charge in [0, 0.05) is 25.0 Å². The molecule has 0 aliphatic rings. The summed E-state index contributed by atoms with van der Waals surface area (Å²) in [4.78, 5) is 22.0. The first-order valence-electron chi connectivity index (χ1n) is 7.08. The summed E-state index contributed by atoms with van der Waals surface area (Å²) in [5.74, 6) is -0.941. The number of carboxylic acids is 1. The van der Waals surface area contributed by atoms with Crippen LogP contribution in [0, 0.1) is 5.92 Å². The first kappa shape index (κ1) is 17.9. The van der Waals surface area contributed by atoms with Gasteiger partial charge in [0.2, 0.25) is 5.91 Å². The van der Waals surface area contributed by atoms with E-state index in [1.54, 1.807) is 6.92 Å². The van der Waals surface area contributed by atoms with E-state index in [2.05, 4.69) is 17.6 Å². The Labute approximate surface area is 116 Å². The van der Waals surface area contributed by atoms with E-state index in [1.165, 1.54) is 0 Å². The normalized spacial score (nSPS) is 14.2. The Balaban J connectivity index is 3.57. The molecule has 0 saturated carbocycles. The molecular weight excluding hydrogens is 244 g/mol. The number of rotatable bonds is 10. The highest BCUT2D eigenvalue weighted by atomic mass is 16.4. The Bertz CT molecular complexity index is 280. The Kier molecular flexibility index (Phi) is 9.21. The first-order chi connectivity index (χ1) is 8.82. The molecule has 0 aromatic rings. The van der Waals surface area contributed by atoms with Gasteiger partial charge in [0.1, 0.15) is 0 Å². The van der Waals surface area contributed by atoms with Gasteiger partial charge in [0.25, 0.3) is 0 Å². The van der Waals surface area contributed by atoms with E-state index in [0.29, 0.717) is 25.4 Å². The summed E-state index contributed by atoms with van der Waals surface area (Å²) in [6.07, 6.45) is 3.01. The molecule has 0 aromatic heterocycles. The maximum Gasteiger partial charge on any atom is 0.306 e. The number of carbonyl (C=O) groups is 2. The van der Waals surface area contributed by atoms with Crippen molar-refractivity contribution < 1.29 is 14.7 Å². The number of hydrogen-bond acceptors (Lipinski definition) is 3. The molecule has 0 radical (unpaired) electrons. The van der Waals surface area contributed by atoms with Crippen LogP contribution in [-0.2, 0) is 9.59 Å². The Morgan fingerprint density at radius 2 is 1.74 bits per heavy atom. The maximum atomic E-state index is 11.4. The molecule has 0 heterocycles. The number of amides is 1. The zero-order chi connectivity index (χ0) is 14.8. The standard InChI is InChI=1S/C14H28N2O3/c1-10(2)16-13(17)8-9-15-12(4)7-5-6-11(3)14(18)19/h10-12,15H,5-9H2,1-4H3,(H,16,17)(H,18,19). The Hall–Kier alpha value is -1.10. The van der Waals surface area contributed by atoms with Crippen LogP contribution in [0.15, 0.2) is 0 Å². The van der Waals surface area contributed by atoms with Crippen LogP contribution < -0.4 is 10.6 Å². The molecule has 3 N–H and O–H groups in total. The molecule has 0 spiro atoms. The first-order valence-corrected chi connectivity index (χ1v) is 7.08. The summed E-state index contributed by atoms with van der Waals surface area (Å²) >= 11 is 0. The average molecular weight is 272 g/mol. The van der Waals surface area contributed by atoms with E-state index >= 15 is 0 Å². The fraction of sp³-hybridized carbons (Fsp3) is 0.857. The van der Waals surface area contributed by atoms with Gasteiger partial charge in [-0.05, 0) is 33.6 Å². The molecule has 5 nitrogen and oxygen atoms in total. The molecule has 112 valence electrons. The smallest absolute Gasteiger partial charge is 0.306 e. The highest BCUT2D eigenvalue weighted by molar-refractivity contribution is 5.76. The third-order valence-electron chi connectivity index (χ3n) is 2.99. The van der Waals surface area contributed by atoms with Crippen molar-refractivity contribution in [3.05, 3.63) is 0 Å². The zero-order valence-corrected chi connectivity index (χ0v) is 12.5. The van der Waals surface area contributed by atoms with E-state index in [0.717, 1.165) is 12.8 Å². The van der Waals surface area contributed by atoms with Crippen molar-refractivity contribution >= 4 is 11.9 Å². The van der Waals surface area contributed by atoms with Crippen LogP contribution in [-0.4, -0.2) is 35.6 Å². The minimum absolute atomic E-state index is 0.0641. The molecule has 0 saturated heterocycles. The van der Waals surface area contributed by atoms with Crippen molar-refractivity contribution in [2.24, 2.45) is 5.92 Å². The minimum atomic E-state index is -0.731. The number of carboxylic acid groups (broad SMARTS) is 1. The summed E-state index contributed by atoms with van der Waals surface area (Å²) in [5.41, 5.74) is 0. The van der Waals surface area contributed by atoms with E-state index in [-0.39, 0.29) is 17.9 Å². The fourth-order valence-electron chi connectivity index (χ4n) is 1.78. The summed E-state index contributed by atoms with van der Waals surface area (Å²) in [6, 6.07) is 0.496. The molecule has 0 aliphatic heterocycles. The van der Waals surface area contributed by atoms with Crippen LogP contribution in [0.5, 0.6) is 0 Å². The summed E-state index contributed by atoms with van der Waals surface area (Å²) in [5, 5.41) is 14.9. The van der Waals surface area contributed by atoms with Crippen molar-refractivity contribution in [3.63, 3.8) is 0 Å². The van der Waals surface area contributed by atoms with Crippen LogP contribution in [0.3, 0.4) is 0 Å². The summed E-state index contributed by atoms with van der Waals surface area (Å²) < 4.78 is 0. The number of aliphatic carboxylic acids is 1. The van der Waals surface area contributed by atoms with Crippen molar-refractivity contribution in [1.82, 2.24) is 10.6 Å². The molecule has 5 heteroatoms. The van der Waals surface area contributed by atoms with Crippen LogP contribution in [0.25, 0.3) is 0 Å². The molecular formula is C14H28N2O3. The quantitative estimate of drug-likeness (QED) is 0.566. The Morgan fingerprint density at radius 1 is 1.11 bits per heavy atom. The average Bonchev–Trinajstić information content (AvgIpc) is 2.27. The predicted molar refractivity (Wildman–Crippen MR) is 76.0 cm³/mol. The molecule has 1 amide bonds. The van der Waals surface area contributed by atoms with E-state index in [1.807, 2.05) is 13.8 Å². The SMILES string of the molecule is CC(C)NC(=O)CCNC(C)CCCC(C)C(=O)O. The number of hydrogen-bond donors (Lipinski definition) is 3. The highest BCUT2D eigenvalue weighted by Gasteiger charge is 2.11. The molecule has 19 heavy (non-hydrogen) atoms. The van der Waals surface area contributed by atoms with Gasteiger partial charge in [-0.1, -0.05) is 13.3 Å². The maximum absolute atomic E-state index is 11.4. The van der Waals surface area contributed by atoms with Crippen LogP contribution in [0.1, 0.15) is 53.4 Å². The van der Waals surface area contributed by atoms with E-state index in [4.69, 9.17) is 5.11 Å². The third-order valence-corrected chi connectivity index (χ3v) is 2.99. The van der Waals surface area contributed by atoms with Gasteiger partial charge >= 0.3 is 5.97 Å². The van der Waals surface area contributed by atoms with Crippen molar-refractivity contribution in [2.45, 2.75) is 65.5 Å². The van der Waals surface area contributed by atoms with Crippen LogP contribution in [0.2, 0.25) is 0 Å². The molecule has 2 unspecified atom stereocenters. The van der Waals surface area contributed by atoms with E-state index in [9.17, 15) is 9.59 Å². The number of carbonyl (C=O) groups excluding carboxylic acids is 1. The molecule has 0 fully saturated rings. The van der Waals surface area contributed by atoms with Gasteiger partial charge in [0.05, 0.1) is 5.92 Å². The van der Waals surface area contributed by atoms with Gasteiger partial charge in [0.15, 0.2) is 0 Å². The third kappa shape index (κ3) is 10.5. The number of nitrogens with one attached hydrogen (secondary N) is 2. The van der Waals surface area contributed by atoms with Crippen LogP contribution in [0.4, 0.5) is 0 Å². The monoisotopic (exact) mass is 272 g/mol. The zero-order valence-electron chi connectivity index (χ0n) is 12.5. The molecule has 0 bridgehead atoms. The van der Waals surface area contributed by atoms with Crippen molar-refractivity contribution in [2.75, 3.05) is 6.54 Å². The second-order valence-corrected chi connectivity index (χ2v) is 5.50. The molecule has 0 aliphatic carbocycles. The lowest BCUT2D eigenvalue weighted by Crippen LogP contribution is -2.34. The minimum Gasteiger partial charge on any atom is -0.481 e.